The Morgan fingerprint density at radius 1 is 1.05 bits per heavy atom. The molecular weight excluding hydrogens is 276 g/mol. The van der Waals surface area contributed by atoms with E-state index in [0.29, 0.717) is 0 Å². The van der Waals surface area contributed by atoms with Crippen molar-refractivity contribution < 1.29 is 18.7 Å². The summed E-state index contributed by atoms with van der Waals surface area (Å²) in [6.07, 6.45) is -0.415. The normalized spacial score (nSPS) is 12.0. The van der Waals surface area contributed by atoms with E-state index in [9.17, 15) is 18.7 Å². The van der Waals surface area contributed by atoms with E-state index < -0.39 is 30.0 Å². The average Bonchev–Trinajstić information content (AvgIpc) is 2.49. The summed E-state index contributed by atoms with van der Waals surface area (Å²) in [6, 6.07) is 11.7. The first kappa shape index (κ1) is 15.1. The van der Waals surface area contributed by atoms with E-state index in [2.05, 4.69) is 5.32 Å². The SMILES string of the molecule is O=C(Cc1c(F)cccc1F)N[C@@H](CO)c1ccccc1. The summed E-state index contributed by atoms with van der Waals surface area (Å²) in [5.74, 6) is -2.07. The summed E-state index contributed by atoms with van der Waals surface area (Å²) in [6.45, 7) is -0.296. The fourth-order valence-corrected chi connectivity index (χ4v) is 2.03. The molecule has 1 atom stereocenters. The van der Waals surface area contributed by atoms with Gasteiger partial charge < -0.3 is 10.4 Å². The Morgan fingerprint density at radius 3 is 2.24 bits per heavy atom. The molecule has 0 saturated heterocycles. The Balaban J connectivity index is 2.07. The molecule has 21 heavy (non-hydrogen) atoms. The molecular formula is C16H15F2NO2. The molecule has 0 fully saturated rings. The summed E-state index contributed by atoms with van der Waals surface area (Å²) in [5, 5.41) is 11.9. The van der Waals surface area contributed by atoms with E-state index in [1.54, 1.807) is 24.3 Å². The topological polar surface area (TPSA) is 49.3 Å². The Morgan fingerprint density at radius 2 is 1.67 bits per heavy atom. The third kappa shape index (κ3) is 3.86. The van der Waals surface area contributed by atoms with Crippen molar-refractivity contribution in [3.63, 3.8) is 0 Å². The molecule has 2 aromatic carbocycles. The van der Waals surface area contributed by atoms with Crippen LogP contribution in [0.3, 0.4) is 0 Å². The lowest BCUT2D eigenvalue weighted by Gasteiger charge is -2.17. The van der Waals surface area contributed by atoms with Gasteiger partial charge >= 0.3 is 0 Å². The van der Waals surface area contributed by atoms with Crippen molar-refractivity contribution in [2.45, 2.75) is 12.5 Å². The van der Waals surface area contributed by atoms with Crippen LogP contribution in [0.5, 0.6) is 0 Å². The van der Waals surface area contributed by atoms with Gasteiger partial charge in [-0.15, -0.1) is 0 Å². The molecule has 2 rings (SSSR count). The Labute approximate surface area is 121 Å². The van der Waals surface area contributed by atoms with E-state index in [-0.39, 0.29) is 12.2 Å². The van der Waals surface area contributed by atoms with Crippen LogP contribution in [0.4, 0.5) is 8.78 Å². The molecule has 0 spiro atoms. The number of carbonyl (C=O) groups excluding carboxylic acids is 1. The van der Waals surface area contributed by atoms with Crippen molar-refractivity contribution in [1.82, 2.24) is 5.32 Å². The lowest BCUT2D eigenvalue weighted by molar-refractivity contribution is -0.121. The largest absolute Gasteiger partial charge is 0.394 e. The van der Waals surface area contributed by atoms with Crippen LogP contribution in [0.15, 0.2) is 48.5 Å². The van der Waals surface area contributed by atoms with Crippen molar-refractivity contribution in [2.24, 2.45) is 0 Å². The van der Waals surface area contributed by atoms with Crippen LogP contribution < -0.4 is 5.32 Å². The molecule has 0 aliphatic carbocycles. The van der Waals surface area contributed by atoms with Gasteiger partial charge in [-0.2, -0.15) is 0 Å². The number of hydrogen-bond acceptors (Lipinski definition) is 2. The third-order valence-electron chi connectivity index (χ3n) is 3.12. The van der Waals surface area contributed by atoms with Crippen molar-refractivity contribution in [2.75, 3.05) is 6.61 Å². The molecule has 0 bridgehead atoms. The number of aliphatic hydroxyl groups is 1. The zero-order valence-electron chi connectivity index (χ0n) is 11.2. The number of nitrogens with one attached hydrogen (secondary N) is 1. The van der Waals surface area contributed by atoms with Gasteiger partial charge in [-0.3, -0.25) is 4.79 Å². The van der Waals surface area contributed by atoms with E-state index >= 15 is 0 Å². The van der Waals surface area contributed by atoms with Gasteiger partial charge in [0.05, 0.1) is 19.1 Å². The Hall–Kier alpha value is -2.27. The van der Waals surface area contributed by atoms with Crippen LogP contribution in [0.1, 0.15) is 17.2 Å². The minimum atomic E-state index is -0.759. The minimum Gasteiger partial charge on any atom is -0.394 e. The maximum absolute atomic E-state index is 13.5. The zero-order chi connectivity index (χ0) is 15.2. The quantitative estimate of drug-likeness (QED) is 0.888. The summed E-state index contributed by atoms with van der Waals surface area (Å²) >= 11 is 0. The van der Waals surface area contributed by atoms with Crippen LogP contribution in [-0.4, -0.2) is 17.6 Å². The lowest BCUT2D eigenvalue weighted by atomic mass is 10.1. The van der Waals surface area contributed by atoms with Crippen molar-refractivity contribution in [3.05, 3.63) is 71.3 Å². The van der Waals surface area contributed by atoms with Gasteiger partial charge in [-0.05, 0) is 17.7 Å². The molecule has 2 aromatic rings. The number of halogens is 2. The highest BCUT2D eigenvalue weighted by Gasteiger charge is 2.17. The molecule has 0 heterocycles. The molecule has 0 aromatic heterocycles. The Bertz CT molecular complexity index is 597. The monoisotopic (exact) mass is 291 g/mol. The molecule has 1 amide bonds. The minimum absolute atomic E-state index is 0.278. The van der Waals surface area contributed by atoms with E-state index in [4.69, 9.17) is 0 Å². The number of hydrogen-bond donors (Lipinski definition) is 2. The fourth-order valence-electron chi connectivity index (χ4n) is 2.03. The van der Waals surface area contributed by atoms with Crippen LogP contribution in [0, 0.1) is 11.6 Å². The fraction of sp³-hybridized carbons (Fsp3) is 0.188. The van der Waals surface area contributed by atoms with Gasteiger partial charge in [-0.1, -0.05) is 36.4 Å². The number of aliphatic hydroxyl groups excluding tert-OH is 1. The number of carbonyl (C=O) groups is 1. The average molecular weight is 291 g/mol. The van der Waals surface area contributed by atoms with Crippen LogP contribution >= 0.6 is 0 Å². The molecule has 5 heteroatoms. The third-order valence-corrected chi connectivity index (χ3v) is 3.12. The molecule has 0 aliphatic rings. The molecule has 0 saturated carbocycles. The predicted octanol–water partition coefficient (Wildman–Crippen LogP) is 2.36. The summed E-state index contributed by atoms with van der Waals surface area (Å²) in [5.41, 5.74) is 0.446. The van der Waals surface area contributed by atoms with E-state index in [1.807, 2.05) is 6.07 Å². The van der Waals surface area contributed by atoms with Gasteiger partial charge in [0.15, 0.2) is 0 Å². The maximum atomic E-state index is 13.5. The lowest BCUT2D eigenvalue weighted by Crippen LogP contribution is -2.32. The van der Waals surface area contributed by atoms with E-state index in [1.165, 1.54) is 6.07 Å². The van der Waals surface area contributed by atoms with Gasteiger partial charge in [-0.25, -0.2) is 8.78 Å². The van der Waals surface area contributed by atoms with Gasteiger partial charge in [0.25, 0.3) is 0 Å². The Kier molecular flexibility index (Phi) is 5.00. The van der Waals surface area contributed by atoms with Crippen LogP contribution in [0.2, 0.25) is 0 Å². The highest BCUT2D eigenvalue weighted by Crippen LogP contribution is 2.15. The summed E-state index contributed by atoms with van der Waals surface area (Å²) in [4.78, 5) is 11.9. The van der Waals surface area contributed by atoms with Gasteiger partial charge in [0, 0.05) is 5.56 Å². The van der Waals surface area contributed by atoms with E-state index in [0.717, 1.165) is 17.7 Å². The summed E-state index contributed by atoms with van der Waals surface area (Å²) < 4.78 is 27.0. The molecule has 2 N–H and O–H groups in total. The highest BCUT2D eigenvalue weighted by molar-refractivity contribution is 5.79. The van der Waals surface area contributed by atoms with Gasteiger partial charge in [0.2, 0.25) is 5.91 Å². The van der Waals surface area contributed by atoms with Crippen LogP contribution in [-0.2, 0) is 11.2 Å². The van der Waals surface area contributed by atoms with Crippen molar-refractivity contribution in [1.29, 1.82) is 0 Å². The first-order valence-electron chi connectivity index (χ1n) is 6.50. The number of amides is 1. The van der Waals surface area contributed by atoms with Crippen LogP contribution in [0.25, 0.3) is 0 Å². The second-order valence-corrected chi connectivity index (χ2v) is 4.59. The standard InChI is InChI=1S/C16H15F2NO2/c17-13-7-4-8-14(18)12(13)9-16(21)19-15(10-20)11-5-2-1-3-6-11/h1-8,15,20H,9-10H2,(H,19,21)/t15-/m0/s1. The maximum Gasteiger partial charge on any atom is 0.225 e. The molecule has 0 radical (unpaired) electrons. The number of rotatable bonds is 5. The highest BCUT2D eigenvalue weighted by atomic mass is 19.1. The van der Waals surface area contributed by atoms with Crippen molar-refractivity contribution in [3.8, 4) is 0 Å². The summed E-state index contributed by atoms with van der Waals surface area (Å²) in [7, 11) is 0. The van der Waals surface area contributed by atoms with Gasteiger partial charge in [0.1, 0.15) is 11.6 Å². The first-order valence-corrected chi connectivity index (χ1v) is 6.50. The predicted molar refractivity (Wildman–Crippen MR) is 74.5 cm³/mol. The molecule has 110 valence electrons. The second-order valence-electron chi connectivity index (χ2n) is 4.59. The first-order chi connectivity index (χ1) is 10.1. The van der Waals surface area contributed by atoms with Crippen molar-refractivity contribution >= 4 is 5.91 Å². The molecule has 0 unspecified atom stereocenters. The molecule has 0 aliphatic heterocycles. The second kappa shape index (κ2) is 6.95. The smallest absolute Gasteiger partial charge is 0.225 e. The molecule has 3 nitrogen and oxygen atoms in total. The zero-order valence-corrected chi connectivity index (χ0v) is 11.2. The number of benzene rings is 2.